The molecule has 1 atom stereocenters. The van der Waals surface area contributed by atoms with Crippen LogP contribution in [0, 0.1) is 0 Å². The summed E-state index contributed by atoms with van der Waals surface area (Å²) < 4.78 is 11.5. The van der Waals surface area contributed by atoms with Crippen molar-refractivity contribution in [1.29, 1.82) is 0 Å². The predicted molar refractivity (Wildman–Crippen MR) is 127 cm³/mol. The normalized spacial score (nSPS) is 15.0. The Morgan fingerprint density at radius 2 is 2.03 bits per heavy atom. The number of nitrogens with zero attached hydrogens (tertiary/aromatic N) is 1. The van der Waals surface area contributed by atoms with Crippen molar-refractivity contribution in [3.63, 3.8) is 0 Å². The van der Waals surface area contributed by atoms with Crippen molar-refractivity contribution < 1.29 is 14.3 Å². The zero-order chi connectivity index (χ0) is 21.0. The summed E-state index contributed by atoms with van der Waals surface area (Å²) in [7, 11) is 1.64. The first-order chi connectivity index (χ1) is 13.9. The van der Waals surface area contributed by atoms with Crippen LogP contribution in [0.25, 0.3) is 0 Å². The molecule has 3 rings (SSSR count). The summed E-state index contributed by atoms with van der Waals surface area (Å²) in [5.74, 6) is 1.46. The summed E-state index contributed by atoms with van der Waals surface area (Å²) in [6.07, 6.45) is 0.897. The van der Waals surface area contributed by atoms with Crippen molar-refractivity contribution in [2.45, 2.75) is 43.5 Å². The Hall–Kier alpha value is -1.60. The molecule has 0 fully saturated rings. The molecule has 8 heteroatoms. The fraction of sp³-hybridized carbons (Fsp3) is 0.409. The molecule has 0 saturated carbocycles. The molecule has 1 N–H and O–H groups in total. The van der Waals surface area contributed by atoms with Crippen molar-refractivity contribution in [1.82, 2.24) is 5.32 Å². The summed E-state index contributed by atoms with van der Waals surface area (Å²) in [4.78, 5) is 15.3. The Balaban J connectivity index is 0.00000320. The second-order valence-corrected chi connectivity index (χ2v) is 8.74. The Bertz CT molecular complexity index is 879. The van der Waals surface area contributed by atoms with E-state index in [9.17, 15) is 4.79 Å². The van der Waals surface area contributed by atoms with Gasteiger partial charge in [0.25, 0.3) is 0 Å². The van der Waals surface area contributed by atoms with Crippen LogP contribution in [0.15, 0.2) is 41.3 Å². The molecular formula is C22H28Cl2N2O3S. The molecule has 1 unspecified atom stereocenters. The van der Waals surface area contributed by atoms with Crippen molar-refractivity contribution >= 4 is 47.4 Å². The van der Waals surface area contributed by atoms with Crippen LogP contribution >= 0.6 is 35.8 Å². The van der Waals surface area contributed by atoms with Gasteiger partial charge in [0.2, 0.25) is 5.91 Å². The molecule has 0 aromatic heterocycles. The van der Waals surface area contributed by atoms with Gasteiger partial charge in [0, 0.05) is 28.4 Å². The third kappa shape index (κ3) is 5.76. The van der Waals surface area contributed by atoms with Crippen molar-refractivity contribution in [2.24, 2.45) is 0 Å². The van der Waals surface area contributed by atoms with Gasteiger partial charge in [0.05, 0.1) is 19.4 Å². The quantitative estimate of drug-likeness (QED) is 0.501. The van der Waals surface area contributed by atoms with E-state index < -0.39 is 0 Å². The summed E-state index contributed by atoms with van der Waals surface area (Å²) in [5.41, 5.74) is 1.78. The Morgan fingerprint density at radius 1 is 1.27 bits per heavy atom. The lowest BCUT2D eigenvalue weighted by Crippen LogP contribution is -2.28. The lowest BCUT2D eigenvalue weighted by Gasteiger charge is -2.25. The number of halogens is 2. The zero-order valence-corrected chi connectivity index (χ0v) is 20.0. The summed E-state index contributed by atoms with van der Waals surface area (Å²) >= 11 is 7.77. The van der Waals surface area contributed by atoms with Crippen LogP contribution in [0.5, 0.6) is 11.5 Å². The molecule has 164 valence electrons. The van der Waals surface area contributed by atoms with Gasteiger partial charge in [0.1, 0.15) is 16.9 Å². The maximum absolute atomic E-state index is 12.5. The van der Waals surface area contributed by atoms with E-state index in [4.69, 9.17) is 21.1 Å². The van der Waals surface area contributed by atoms with Gasteiger partial charge in [-0.1, -0.05) is 37.2 Å². The van der Waals surface area contributed by atoms with Crippen LogP contribution in [0.4, 0.5) is 5.69 Å². The van der Waals surface area contributed by atoms with E-state index in [-0.39, 0.29) is 23.7 Å². The number of hydrogen-bond acceptors (Lipinski definition) is 5. The van der Waals surface area contributed by atoms with Crippen LogP contribution in [-0.2, 0) is 4.79 Å². The van der Waals surface area contributed by atoms with E-state index in [0.29, 0.717) is 17.7 Å². The first kappa shape index (κ1) is 24.7. The standard InChI is InChI=1S/C22H27ClN2O3S.ClH/c1-14(2)24-10-5-11-28-20-9-7-17(27-4)13-18(20)22-25(15(3)26)19-8-6-16(23)12-21(19)29-22;/h6-9,12-14,22,24H,5,10-11H2,1-4H3;1H. The monoisotopic (exact) mass is 470 g/mol. The highest BCUT2D eigenvalue weighted by molar-refractivity contribution is 8.00. The first-order valence-electron chi connectivity index (χ1n) is 9.71. The number of anilines is 1. The number of methoxy groups -OCH3 is 1. The van der Waals surface area contributed by atoms with Gasteiger partial charge in [-0.2, -0.15) is 0 Å². The molecule has 1 amide bonds. The lowest BCUT2D eigenvalue weighted by molar-refractivity contribution is -0.116. The summed E-state index contributed by atoms with van der Waals surface area (Å²) in [6, 6.07) is 11.8. The molecule has 2 aromatic carbocycles. The highest BCUT2D eigenvalue weighted by Gasteiger charge is 2.36. The highest BCUT2D eigenvalue weighted by Crippen LogP contribution is 2.54. The number of rotatable bonds is 8. The second-order valence-electron chi connectivity index (χ2n) is 7.19. The maximum atomic E-state index is 12.5. The Kier molecular flexibility index (Phi) is 9.16. The number of fused-ring (bicyclic) bond motifs is 1. The van der Waals surface area contributed by atoms with Gasteiger partial charge < -0.3 is 14.8 Å². The van der Waals surface area contributed by atoms with E-state index in [2.05, 4.69) is 19.2 Å². The molecule has 5 nitrogen and oxygen atoms in total. The molecular weight excluding hydrogens is 443 g/mol. The molecule has 0 spiro atoms. The van der Waals surface area contributed by atoms with E-state index in [0.717, 1.165) is 40.6 Å². The number of nitrogens with one attached hydrogen (secondary N) is 1. The topological polar surface area (TPSA) is 50.8 Å². The van der Waals surface area contributed by atoms with Crippen LogP contribution in [-0.4, -0.2) is 32.2 Å². The summed E-state index contributed by atoms with van der Waals surface area (Å²) in [5, 5.41) is 3.81. The van der Waals surface area contributed by atoms with E-state index in [1.165, 1.54) is 0 Å². The maximum Gasteiger partial charge on any atom is 0.225 e. The number of hydrogen-bond donors (Lipinski definition) is 1. The van der Waals surface area contributed by atoms with Gasteiger partial charge in [0.15, 0.2) is 0 Å². The number of thioether (sulfide) groups is 1. The average Bonchev–Trinajstić information content (AvgIpc) is 3.06. The molecule has 0 aliphatic carbocycles. The molecule has 0 radical (unpaired) electrons. The molecule has 30 heavy (non-hydrogen) atoms. The van der Waals surface area contributed by atoms with Gasteiger partial charge in [-0.3, -0.25) is 9.69 Å². The minimum absolute atomic E-state index is 0. The van der Waals surface area contributed by atoms with Crippen LogP contribution in [0.1, 0.15) is 38.1 Å². The Labute approximate surface area is 193 Å². The van der Waals surface area contributed by atoms with Crippen molar-refractivity contribution in [3.8, 4) is 11.5 Å². The minimum Gasteiger partial charge on any atom is -0.497 e. The van der Waals surface area contributed by atoms with Crippen LogP contribution < -0.4 is 19.7 Å². The summed E-state index contributed by atoms with van der Waals surface area (Å²) in [6.45, 7) is 7.32. The number of carbonyl (C=O) groups excluding carboxylic acids is 1. The van der Waals surface area contributed by atoms with E-state index in [1.807, 2.05) is 36.4 Å². The van der Waals surface area contributed by atoms with Gasteiger partial charge in [-0.05, 0) is 49.4 Å². The fourth-order valence-corrected chi connectivity index (χ4v) is 4.88. The molecule has 1 aliphatic rings. The van der Waals surface area contributed by atoms with Crippen molar-refractivity contribution in [2.75, 3.05) is 25.2 Å². The van der Waals surface area contributed by atoms with Gasteiger partial charge in [-0.25, -0.2) is 0 Å². The lowest BCUT2D eigenvalue weighted by atomic mass is 10.1. The fourth-order valence-electron chi connectivity index (χ4n) is 3.24. The number of carbonyl (C=O) groups is 1. The molecule has 0 bridgehead atoms. The van der Waals surface area contributed by atoms with E-state index in [1.54, 1.807) is 30.7 Å². The third-order valence-electron chi connectivity index (χ3n) is 4.61. The smallest absolute Gasteiger partial charge is 0.225 e. The van der Waals surface area contributed by atoms with E-state index >= 15 is 0 Å². The van der Waals surface area contributed by atoms with Crippen LogP contribution in [0.2, 0.25) is 5.02 Å². The first-order valence-corrected chi connectivity index (χ1v) is 11.0. The second kappa shape index (κ2) is 11.1. The molecule has 1 heterocycles. The zero-order valence-electron chi connectivity index (χ0n) is 17.6. The SMILES string of the molecule is COc1ccc(OCCCNC(C)C)c(C2Sc3cc(Cl)ccc3N2C(C)=O)c1.Cl. The average molecular weight is 471 g/mol. The van der Waals surface area contributed by atoms with Gasteiger partial charge >= 0.3 is 0 Å². The van der Waals surface area contributed by atoms with Gasteiger partial charge in [-0.15, -0.1) is 12.4 Å². The largest absolute Gasteiger partial charge is 0.497 e. The van der Waals surface area contributed by atoms with Crippen LogP contribution in [0.3, 0.4) is 0 Å². The number of ether oxygens (including phenoxy) is 2. The third-order valence-corrected chi connectivity index (χ3v) is 6.11. The number of benzene rings is 2. The number of amides is 1. The highest BCUT2D eigenvalue weighted by atomic mass is 35.5. The Morgan fingerprint density at radius 3 is 2.70 bits per heavy atom. The predicted octanol–water partition coefficient (Wildman–Crippen LogP) is 5.69. The molecule has 1 aliphatic heterocycles. The minimum atomic E-state index is -0.236. The molecule has 0 saturated heterocycles. The van der Waals surface area contributed by atoms with Crippen molar-refractivity contribution in [3.05, 3.63) is 47.0 Å². The molecule has 2 aromatic rings.